The Morgan fingerprint density at radius 3 is 2.59 bits per heavy atom. The van der Waals surface area contributed by atoms with Crippen LogP contribution in [0, 0.1) is 0 Å². The van der Waals surface area contributed by atoms with Gasteiger partial charge in [0.05, 0.1) is 16.7 Å². The molecule has 0 bridgehead atoms. The highest BCUT2D eigenvalue weighted by Gasteiger charge is 2.19. The van der Waals surface area contributed by atoms with E-state index in [1.165, 1.54) is 8.54 Å². The fraction of sp³-hybridized carbons (Fsp3) is 0.222. The zero-order valence-electron chi connectivity index (χ0n) is 15.0. The molecule has 0 unspecified atom stereocenters. The van der Waals surface area contributed by atoms with Gasteiger partial charge < -0.3 is 4.57 Å². The minimum atomic E-state index is -3.42. The molecule has 0 amide bonds. The van der Waals surface area contributed by atoms with Gasteiger partial charge in [0.15, 0.2) is 0 Å². The summed E-state index contributed by atoms with van der Waals surface area (Å²) in [6.45, 7) is 1.62. The fourth-order valence-electron chi connectivity index (χ4n) is 3.26. The Balaban J connectivity index is 2.10. The van der Waals surface area contributed by atoms with Gasteiger partial charge in [-0.05, 0) is 25.1 Å². The van der Waals surface area contributed by atoms with E-state index in [1.54, 1.807) is 50.4 Å². The first kappa shape index (κ1) is 18.0. The second-order valence-electron chi connectivity index (χ2n) is 6.43. The van der Waals surface area contributed by atoms with Crippen LogP contribution in [0.5, 0.6) is 0 Å². The minimum Gasteiger partial charge on any atom is -0.317 e. The summed E-state index contributed by atoms with van der Waals surface area (Å²) in [6.07, 6.45) is 4.99. The summed E-state index contributed by atoms with van der Waals surface area (Å²) in [5, 5.41) is 5.77. The number of rotatable bonds is 3. The van der Waals surface area contributed by atoms with Crippen molar-refractivity contribution in [3.05, 3.63) is 51.6 Å². The molecule has 0 spiro atoms. The predicted molar refractivity (Wildman–Crippen MR) is 109 cm³/mol. The number of benzene rings is 1. The van der Waals surface area contributed by atoms with Crippen LogP contribution in [-0.2, 0) is 24.1 Å². The SMILES string of the molecule is CCS(=O)(=O)n1ccc2cc(Br)c(-c3cn(C)c(=O)c4cn(C)nc34)cc21. The van der Waals surface area contributed by atoms with E-state index in [0.29, 0.717) is 16.4 Å². The van der Waals surface area contributed by atoms with Gasteiger partial charge in [-0.1, -0.05) is 15.9 Å². The second-order valence-corrected chi connectivity index (χ2v) is 9.42. The first-order chi connectivity index (χ1) is 12.7. The van der Waals surface area contributed by atoms with E-state index in [0.717, 1.165) is 21.0 Å². The summed E-state index contributed by atoms with van der Waals surface area (Å²) in [5.74, 6) is 0.00645. The van der Waals surface area contributed by atoms with E-state index in [2.05, 4.69) is 21.0 Å². The van der Waals surface area contributed by atoms with Crippen molar-refractivity contribution < 1.29 is 8.42 Å². The van der Waals surface area contributed by atoms with Crippen LogP contribution in [0.15, 0.2) is 46.1 Å². The molecule has 3 heterocycles. The molecule has 0 fully saturated rings. The van der Waals surface area contributed by atoms with Crippen LogP contribution in [0.3, 0.4) is 0 Å². The van der Waals surface area contributed by atoms with Crippen LogP contribution in [-0.4, -0.2) is 32.5 Å². The van der Waals surface area contributed by atoms with E-state index in [4.69, 9.17) is 0 Å². The number of aromatic nitrogens is 4. The topological polar surface area (TPSA) is 78.9 Å². The Morgan fingerprint density at radius 2 is 1.89 bits per heavy atom. The summed E-state index contributed by atoms with van der Waals surface area (Å²) in [7, 11) is 0.0336. The maximum Gasteiger partial charge on any atom is 0.261 e. The van der Waals surface area contributed by atoms with Crippen molar-refractivity contribution >= 4 is 47.8 Å². The predicted octanol–water partition coefficient (Wildman–Crippen LogP) is 2.85. The van der Waals surface area contributed by atoms with Crippen LogP contribution in [0.25, 0.3) is 32.9 Å². The van der Waals surface area contributed by atoms with Crippen molar-refractivity contribution in [1.82, 2.24) is 18.3 Å². The number of fused-ring (bicyclic) bond motifs is 2. The van der Waals surface area contributed by atoms with Crippen LogP contribution in [0.4, 0.5) is 0 Å². The van der Waals surface area contributed by atoms with E-state index in [1.807, 2.05) is 12.1 Å². The van der Waals surface area contributed by atoms with Crippen LogP contribution >= 0.6 is 15.9 Å². The summed E-state index contributed by atoms with van der Waals surface area (Å²) in [4.78, 5) is 12.4. The zero-order chi connectivity index (χ0) is 19.5. The highest BCUT2D eigenvalue weighted by molar-refractivity contribution is 9.10. The molecule has 0 atom stereocenters. The van der Waals surface area contributed by atoms with Crippen molar-refractivity contribution in [3.63, 3.8) is 0 Å². The molecule has 9 heteroatoms. The minimum absolute atomic E-state index is 0.00645. The molecule has 0 saturated carbocycles. The summed E-state index contributed by atoms with van der Waals surface area (Å²) in [5.41, 5.74) is 2.57. The van der Waals surface area contributed by atoms with Gasteiger partial charge in [-0.25, -0.2) is 12.4 Å². The summed E-state index contributed by atoms with van der Waals surface area (Å²) in [6, 6.07) is 5.47. The van der Waals surface area contributed by atoms with Crippen LogP contribution in [0.2, 0.25) is 0 Å². The molecule has 0 aliphatic heterocycles. The Labute approximate surface area is 164 Å². The van der Waals surface area contributed by atoms with Gasteiger partial charge in [0.1, 0.15) is 5.52 Å². The lowest BCUT2D eigenvalue weighted by Crippen LogP contribution is -2.16. The van der Waals surface area contributed by atoms with E-state index in [-0.39, 0.29) is 11.3 Å². The van der Waals surface area contributed by atoms with Crippen molar-refractivity contribution in [2.24, 2.45) is 14.1 Å². The van der Waals surface area contributed by atoms with Crippen LogP contribution < -0.4 is 5.56 Å². The molecular weight excluding hydrogens is 432 g/mol. The fourth-order valence-corrected chi connectivity index (χ4v) is 4.82. The first-order valence-corrected chi connectivity index (χ1v) is 10.7. The Bertz CT molecular complexity index is 1380. The lowest BCUT2D eigenvalue weighted by molar-refractivity contribution is 0.590. The third-order valence-corrected chi connectivity index (χ3v) is 6.96. The van der Waals surface area contributed by atoms with E-state index in [9.17, 15) is 13.2 Å². The van der Waals surface area contributed by atoms with E-state index < -0.39 is 10.0 Å². The van der Waals surface area contributed by atoms with Crippen molar-refractivity contribution in [1.29, 1.82) is 0 Å². The molecular formula is C18H17BrN4O3S. The van der Waals surface area contributed by atoms with Crippen LogP contribution in [0.1, 0.15) is 6.92 Å². The number of hydrogen-bond donors (Lipinski definition) is 0. The Morgan fingerprint density at radius 1 is 1.15 bits per heavy atom. The molecule has 0 radical (unpaired) electrons. The van der Waals surface area contributed by atoms with Gasteiger partial charge in [0.2, 0.25) is 10.0 Å². The largest absolute Gasteiger partial charge is 0.317 e. The number of nitrogens with zero attached hydrogens (tertiary/aromatic N) is 4. The van der Waals surface area contributed by atoms with Gasteiger partial charge in [0, 0.05) is 53.7 Å². The highest BCUT2D eigenvalue weighted by atomic mass is 79.9. The number of hydrogen-bond acceptors (Lipinski definition) is 4. The molecule has 7 nitrogen and oxygen atoms in total. The van der Waals surface area contributed by atoms with Gasteiger partial charge in [-0.2, -0.15) is 5.10 Å². The molecule has 4 aromatic rings. The van der Waals surface area contributed by atoms with Crippen molar-refractivity contribution in [2.75, 3.05) is 5.75 Å². The first-order valence-electron chi connectivity index (χ1n) is 8.30. The number of halogens is 1. The molecule has 0 aliphatic carbocycles. The lowest BCUT2D eigenvalue weighted by atomic mass is 10.0. The molecule has 1 aromatic carbocycles. The second kappa shape index (κ2) is 6.07. The van der Waals surface area contributed by atoms with Gasteiger partial charge >= 0.3 is 0 Å². The molecule has 0 N–H and O–H groups in total. The van der Waals surface area contributed by atoms with Gasteiger partial charge in [-0.15, -0.1) is 0 Å². The molecule has 4 rings (SSSR count). The monoisotopic (exact) mass is 448 g/mol. The molecule has 0 aliphatic rings. The highest BCUT2D eigenvalue weighted by Crippen LogP contribution is 2.35. The third kappa shape index (κ3) is 2.72. The zero-order valence-corrected chi connectivity index (χ0v) is 17.4. The smallest absolute Gasteiger partial charge is 0.261 e. The average Bonchev–Trinajstić information content (AvgIpc) is 3.21. The normalized spacial score (nSPS) is 12.3. The molecule has 3 aromatic heterocycles. The standard InChI is InChI=1S/C18H17BrN4O3S/c1-4-27(25,26)23-6-5-11-7-15(19)12(8-16(11)23)13-9-21(2)18(24)14-10-22(3)20-17(13)14/h5-10H,4H2,1-3H3. The lowest BCUT2D eigenvalue weighted by Gasteiger charge is -2.10. The molecule has 27 heavy (non-hydrogen) atoms. The maximum atomic E-state index is 12.4. The van der Waals surface area contributed by atoms with Gasteiger partial charge in [-0.3, -0.25) is 9.48 Å². The van der Waals surface area contributed by atoms with E-state index >= 15 is 0 Å². The summed E-state index contributed by atoms with van der Waals surface area (Å²) >= 11 is 3.59. The van der Waals surface area contributed by atoms with Crippen molar-refractivity contribution in [2.45, 2.75) is 6.92 Å². The quantitative estimate of drug-likeness (QED) is 0.482. The van der Waals surface area contributed by atoms with Gasteiger partial charge in [0.25, 0.3) is 5.56 Å². The third-order valence-electron chi connectivity index (χ3n) is 4.66. The van der Waals surface area contributed by atoms with Crippen molar-refractivity contribution in [3.8, 4) is 11.1 Å². The maximum absolute atomic E-state index is 12.4. The number of aryl methyl sites for hydroxylation is 2. The number of pyridine rings is 1. The average molecular weight is 449 g/mol. The Kier molecular flexibility index (Phi) is 4.04. The molecule has 140 valence electrons. The summed E-state index contributed by atoms with van der Waals surface area (Å²) < 4.78 is 30.0. The molecule has 0 saturated heterocycles. The Hall–Kier alpha value is -2.39.